The molecule has 0 heterocycles. The first-order valence-electron chi connectivity index (χ1n) is 13.5. The monoisotopic (exact) mass is 562 g/mol. The zero-order valence-electron chi connectivity index (χ0n) is 25.3. The van der Waals surface area contributed by atoms with Crippen molar-refractivity contribution < 1.29 is 33.4 Å². The second-order valence-corrected chi connectivity index (χ2v) is 11.5. The summed E-state index contributed by atoms with van der Waals surface area (Å²) in [5, 5.41) is 5.03. The van der Waals surface area contributed by atoms with Gasteiger partial charge in [-0.1, -0.05) is 32.0 Å². The van der Waals surface area contributed by atoms with Crippen molar-refractivity contribution in [2.45, 2.75) is 98.4 Å². The Balaban J connectivity index is 3.69. The summed E-state index contributed by atoms with van der Waals surface area (Å²) < 4.78 is 9.97. The van der Waals surface area contributed by atoms with Gasteiger partial charge in [0.1, 0.15) is 24.2 Å². The lowest BCUT2D eigenvalue weighted by atomic mass is 9.95. The minimum atomic E-state index is -1.39. The van der Waals surface area contributed by atoms with Gasteiger partial charge in [0.05, 0.1) is 13.5 Å². The highest BCUT2D eigenvalue weighted by atomic mass is 16.6. The number of aryl methyl sites for hydroxylation is 2. The van der Waals surface area contributed by atoms with E-state index < -0.39 is 66.5 Å². The largest absolute Gasteiger partial charge is 0.468 e. The van der Waals surface area contributed by atoms with E-state index in [9.17, 15) is 24.0 Å². The number of hydrogen-bond acceptors (Lipinski definition) is 7. The molecule has 3 unspecified atom stereocenters. The molecule has 0 bridgehead atoms. The van der Waals surface area contributed by atoms with E-state index in [2.05, 4.69) is 15.4 Å². The third-order valence-corrected chi connectivity index (χ3v) is 6.29. The number of carbonyl (C=O) groups is 5. The summed E-state index contributed by atoms with van der Waals surface area (Å²) in [4.78, 5) is 65.7. The maximum atomic E-state index is 14.2. The molecule has 1 aromatic carbocycles. The smallest absolute Gasteiger partial charge is 0.408 e. The van der Waals surface area contributed by atoms with Crippen LogP contribution in [0, 0.1) is 19.8 Å². The fourth-order valence-corrected chi connectivity index (χ4v) is 4.04. The Labute approximate surface area is 237 Å². The first kappa shape index (κ1) is 34.4. The number of rotatable bonds is 13. The van der Waals surface area contributed by atoms with Crippen LogP contribution in [0.5, 0.6) is 0 Å². The molecule has 1 rings (SSSR count). The number of nitrogens with one attached hydrogen (secondary N) is 2. The van der Waals surface area contributed by atoms with Gasteiger partial charge in [0.15, 0.2) is 0 Å². The third kappa shape index (κ3) is 11.2. The first-order valence-corrected chi connectivity index (χ1v) is 13.5. The van der Waals surface area contributed by atoms with Crippen molar-refractivity contribution in [3.63, 3.8) is 0 Å². The zero-order valence-corrected chi connectivity index (χ0v) is 25.3. The van der Waals surface area contributed by atoms with Gasteiger partial charge in [-0.15, -0.1) is 0 Å². The number of amides is 4. The van der Waals surface area contributed by atoms with Crippen LogP contribution in [0.3, 0.4) is 0 Å². The molecular weight excluding hydrogens is 516 g/mol. The van der Waals surface area contributed by atoms with Crippen LogP contribution >= 0.6 is 0 Å². The number of methoxy groups -OCH3 is 1. The topological polar surface area (TPSA) is 157 Å². The molecular formula is C29H46N4O7. The maximum absolute atomic E-state index is 14.2. The van der Waals surface area contributed by atoms with E-state index in [-0.39, 0.29) is 0 Å². The molecule has 0 radical (unpaired) electrons. The summed E-state index contributed by atoms with van der Waals surface area (Å²) in [7, 11) is 1.20. The van der Waals surface area contributed by atoms with Gasteiger partial charge < -0.3 is 30.7 Å². The zero-order chi connectivity index (χ0) is 30.8. The standard InChI is InChI=1S/C29H46N4O7/c1-17(2)10-12-20(5)33(27(37)22(15-23(30)34)32-28(38)40-29(6,7)8)25(26(36)31-16-24(35)39-9)21-13-11-18(3)19(4)14-21/h11,13-14,17,20,22,25H,10,12,15-16H2,1-9H3,(H2,30,34)(H,31,36)(H,32,38). The lowest BCUT2D eigenvalue weighted by Crippen LogP contribution is -2.56. The fourth-order valence-electron chi connectivity index (χ4n) is 4.04. The number of esters is 1. The summed E-state index contributed by atoms with van der Waals surface area (Å²) in [5.41, 5.74) is 6.99. The second-order valence-electron chi connectivity index (χ2n) is 11.5. The third-order valence-electron chi connectivity index (χ3n) is 6.29. The Morgan fingerprint density at radius 2 is 1.62 bits per heavy atom. The molecule has 11 heteroatoms. The molecule has 0 aliphatic heterocycles. The van der Waals surface area contributed by atoms with E-state index in [0.29, 0.717) is 17.9 Å². The van der Waals surface area contributed by atoms with Gasteiger partial charge in [-0.25, -0.2) is 4.79 Å². The van der Waals surface area contributed by atoms with Gasteiger partial charge in [0.25, 0.3) is 0 Å². The number of carbonyl (C=O) groups excluding carboxylic acids is 5. The summed E-state index contributed by atoms with van der Waals surface area (Å²) in [5.74, 6) is -2.46. The highest BCUT2D eigenvalue weighted by Gasteiger charge is 2.39. The van der Waals surface area contributed by atoms with Crippen LogP contribution in [0.15, 0.2) is 18.2 Å². The van der Waals surface area contributed by atoms with Crippen LogP contribution in [-0.2, 0) is 28.7 Å². The fraction of sp³-hybridized carbons (Fsp3) is 0.621. The average Bonchev–Trinajstić information content (AvgIpc) is 2.83. The van der Waals surface area contributed by atoms with Crippen LogP contribution in [-0.4, -0.2) is 66.0 Å². The first-order chi connectivity index (χ1) is 18.5. The Hall–Kier alpha value is -3.63. The summed E-state index contributed by atoms with van der Waals surface area (Å²) in [6, 6.07) is 2.31. The highest BCUT2D eigenvalue weighted by molar-refractivity contribution is 5.95. The van der Waals surface area contributed by atoms with Crippen molar-refractivity contribution >= 4 is 29.8 Å². The van der Waals surface area contributed by atoms with Crippen molar-refractivity contribution in [3.05, 3.63) is 34.9 Å². The van der Waals surface area contributed by atoms with Gasteiger partial charge in [0.2, 0.25) is 17.7 Å². The molecule has 0 fully saturated rings. The van der Waals surface area contributed by atoms with Crippen molar-refractivity contribution in [1.29, 1.82) is 0 Å². The van der Waals surface area contributed by atoms with Gasteiger partial charge >= 0.3 is 12.1 Å². The Morgan fingerprint density at radius 3 is 2.12 bits per heavy atom. The number of benzene rings is 1. The van der Waals surface area contributed by atoms with Crippen molar-refractivity contribution in [2.75, 3.05) is 13.7 Å². The average molecular weight is 563 g/mol. The molecule has 4 N–H and O–H groups in total. The highest BCUT2D eigenvalue weighted by Crippen LogP contribution is 2.29. The number of nitrogens with zero attached hydrogens (tertiary/aromatic N) is 1. The van der Waals surface area contributed by atoms with E-state index in [1.54, 1.807) is 39.8 Å². The summed E-state index contributed by atoms with van der Waals surface area (Å²) in [6.45, 7) is 14.3. The van der Waals surface area contributed by atoms with E-state index >= 15 is 0 Å². The molecule has 4 amide bonds. The predicted octanol–water partition coefficient (Wildman–Crippen LogP) is 3.06. The Bertz CT molecular complexity index is 1060. The molecule has 0 aliphatic rings. The minimum Gasteiger partial charge on any atom is -0.468 e. The molecule has 0 aromatic heterocycles. The van der Waals surface area contributed by atoms with Crippen LogP contribution in [0.1, 0.15) is 83.5 Å². The minimum absolute atomic E-state index is 0.314. The van der Waals surface area contributed by atoms with Crippen molar-refractivity contribution in [3.8, 4) is 0 Å². The van der Waals surface area contributed by atoms with Gasteiger partial charge in [-0.05, 0) is 77.0 Å². The number of ether oxygens (including phenoxy) is 2. The molecule has 224 valence electrons. The van der Waals surface area contributed by atoms with Crippen LogP contribution in [0.4, 0.5) is 4.79 Å². The van der Waals surface area contributed by atoms with Crippen LogP contribution in [0.2, 0.25) is 0 Å². The molecule has 0 aliphatic carbocycles. The van der Waals surface area contributed by atoms with E-state index in [1.165, 1.54) is 12.0 Å². The number of primary amides is 1. The molecule has 11 nitrogen and oxygen atoms in total. The number of hydrogen-bond donors (Lipinski definition) is 3. The van der Waals surface area contributed by atoms with Gasteiger partial charge in [-0.3, -0.25) is 19.2 Å². The van der Waals surface area contributed by atoms with Crippen molar-refractivity contribution in [1.82, 2.24) is 15.5 Å². The van der Waals surface area contributed by atoms with E-state index in [4.69, 9.17) is 10.5 Å². The van der Waals surface area contributed by atoms with E-state index in [1.807, 2.05) is 33.8 Å². The maximum Gasteiger partial charge on any atom is 0.408 e. The van der Waals surface area contributed by atoms with Gasteiger partial charge in [-0.2, -0.15) is 0 Å². The quantitative estimate of drug-likeness (QED) is 0.312. The predicted molar refractivity (Wildman–Crippen MR) is 151 cm³/mol. The van der Waals surface area contributed by atoms with Crippen molar-refractivity contribution in [2.24, 2.45) is 11.7 Å². The molecule has 0 spiro atoms. The lowest BCUT2D eigenvalue weighted by molar-refractivity contribution is -0.147. The second kappa shape index (κ2) is 15.2. The van der Waals surface area contributed by atoms with Crippen LogP contribution in [0.25, 0.3) is 0 Å². The Kier molecular flexibility index (Phi) is 13.1. The summed E-state index contributed by atoms with van der Waals surface area (Å²) >= 11 is 0. The molecule has 3 atom stereocenters. The van der Waals surface area contributed by atoms with Gasteiger partial charge in [0, 0.05) is 6.04 Å². The number of nitrogens with two attached hydrogens (primary N) is 1. The van der Waals surface area contributed by atoms with E-state index in [0.717, 1.165) is 17.5 Å². The molecule has 40 heavy (non-hydrogen) atoms. The van der Waals surface area contributed by atoms with Crippen LogP contribution < -0.4 is 16.4 Å². The molecule has 0 saturated heterocycles. The Morgan fingerprint density at radius 1 is 1.00 bits per heavy atom. The normalized spacial score (nSPS) is 13.6. The SMILES string of the molecule is COC(=O)CNC(=O)C(c1ccc(C)c(C)c1)N(C(=O)C(CC(N)=O)NC(=O)OC(C)(C)C)C(C)CCC(C)C. The molecule has 0 saturated carbocycles. The number of alkyl carbamates (subject to hydrolysis) is 1. The lowest BCUT2D eigenvalue weighted by Gasteiger charge is -2.38. The summed E-state index contributed by atoms with van der Waals surface area (Å²) in [6.07, 6.45) is -0.131. The molecule has 1 aromatic rings.